The van der Waals surface area contributed by atoms with Crippen molar-refractivity contribution >= 4 is 18.3 Å². The summed E-state index contributed by atoms with van der Waals surface area (Å²) in [5, 5.41) is 9.11. The minimum atomic E-state index is -1.48. The Morgan fingerprint density at radius 2 is 1.72 bits per heavy atom. The van der Waals surface area contributed by atoms with Gasteiger partial charge in [0.1, 0.15) is 12.3 Å². The van der Waals surface area contributed by atoms with E-state index in [1.165, 1.54) is 0 Å². The van der Waals surface area contributed by atoms with Crippen molar-refractivity contribution in [3.63, 3.8) is 0 Å². The molecule has 5 nitrogen and oxygen atoms in total. The molecule has 0 radical (unpaired) electrons. The fourth-order valence-electron chi connectivity index (χ4n) is 1.24. The van der Waals surface area contributed by atoms with Crippen LogP contribution in [0.1, 0.15) is 27.7 Å². The predicted molar refractivity (Wildman–Crippen MR) is 68.1 cm³/mol. The number of carbonyl (C=O) groups excluding carboxylic acids is 2. The summed E-state index contributed by atoms with van der Waals surface area (Å²) in [7, 11) is 0. The Bertz CT molecular complexity index is 404. The normalized spacial score (nSPS) is 12.4. The topological polar surface area (TPSA) is 74.7 Å². The summed E-state index contributed by atoms with van der Waals surface area (Å²) in [6.07, 6.45) is -1.09. The second-order valence-corrected chi connectivity index (χ2v) is 5.09. The van der Waals surface area contributed by atoms with Gasteiger partial charge in [0, 0.05) is 5.41 Å². The second kappa shape index (κ2) is 5.62. The second-order valence-electron chi connectivity index (χ2n) is 5.09. The van der Waals surface area contributed by atoms with Crippen molar-refractivity contribution in [3.05, 3.63) is 24.3 Å². The van der Waals surface area contributed by atoms with Gasteiger partial charge < -0.3 is 9.90 Å². The van der Waals surface area contributed by atoms with Crippen molar-refractivity contribution in [1.82, 2.24) is 4.90 Å². The van der Waals surface area contributed by atoms with Crippen LogP contribution in [0.4, 0.5) is 4.79 Å². The zero-order valence-corrected chi connectivity index (χ0v) is 11.2. The third-order valence-electron chi connectivity index (χ3n) is 2.38. The average molecular weight is 253 g/mol. The number of carbonyl (C=O) groups is 3. The van der Waals surface area contributed by atoms with Crippen LogP contribution < -0.4 is 0 Å². The quantitative estimate of drug-likeness (QED) is 0.616. The third-order valence-corrected chi connectivity index (χ3v) is 2.38. The average Bonchev–Trinajstić information content (AvgIpc) is 2.21. The molecule has 1 atom stereocenters. The number of nitrogens with zero attached hydrogens (tertiary/aromatic N) is 1. The molecule has 1 N–H and O–H groups in total. The highest BCUT2D eigenvalue weighted by atomic mass is 16.4. The molecule has 0 fully saturated rings. The monoisotopic (exact) mass is 253 g/mol. The Morgan fingerprint density at radius 3 is 1.94 bits per heavy atom. The summed E-state index contributed by atoms with van der Waals surface area (Å²) in [4.78, 5) is 34.8. The maximum absolute atomic E-state index is 12.0. The van der Waals surface area contributed by atoms with E-state index in [-0.39, 0.29) is 5.57 Å². The summed E-state index contributed by atoms with van der Waals surface area (Å²) < 4.78 is 0. The molecule has 0 bridgehead atoms. The molecule has 2 amide bonds. The van der Waals surface area contributed by atoms with Crippen LogP contribution in [0.15, 0.2) is 24.3 Å². The van der Waals surface area contributed by atoms with Gasteiger partial charge in [-0.1, -0.05) is 39.5 Å². The number of hydrogen-bond acceptors (Lipinski definition) is 3. The first-order valence-corrected chi connectivity index (χ1v) is 5.40. The number of hydrogen-bond donors (Lipinski definition) is 1. The lowest BCUT2D eigenvalue weighted by molar-refractivity contribution is -0.140. The predicted octanol–water partition coefficient (Wildman–Crippen LogP) is 2.24. The van der Waals surface area contributed by atoms with E-state index in [1.807, 2.05) is 0 Å². The number of imide groups is 1. The van der Waals surface area contributed by atoms with Crippen molar-refractivity contribution in [2.75, 3.05) is 0 Å². The molecule has 5 heteroatoms. The van der Waals surface area contributed by atoms with Gasteiger partial charge in [-0.05, 0) is 12.5 Å². The lowest BCUT2D eigenvalue weighted by Crippen LogP contribution is -2.50. The minimum Gasteiger partial charge on any atom is -0.465 e. The maximum Gasteiger partial charge on any atom is 0.415 e. The molecule has 0 aromatic carbocycles. The van der Waals surface area contributed by atoms with E-state index in [0.717, 1.165) is 0 Å². The molecule has 100 valence electrons. The lowest BCUT2D eigenvalue weighted by atomic mass is 9.92. The summed E-state index contributed by atoms with van der Waals surface area (Å²) in [6, 6.07) is -1.23. The molecule has 18 heavy (non-hydrogen) atoms. The Balaban J connectivity index is 5.54. The van der Waals surface area contributed by atoms with Gasteiger partial charge >= 0.3 is 6.09 Å². The maximum atomic E-state index is 12.0. The Kier molecular flexibility index (Phi) is 5.02. The first kappa shape index (κ1) is 16.1. The fraction of sp³-hybridized carbons (Fsp3) is 0.462. The number of amides is 2. The standard InChI is InChI=1S/C13H19NO4/c1-8(2)9(3)10(7-15)14(12(17)18)11(16)13(4,5)6/h7,10H,1,3H2,2,4-6H3,(H,17,18). The molecule has 0 heterocycles. The van der Waals surface area contributed by atoms with Crippen molar-refractivity contribution in [3.8, 4) is 0 Å². The largest absolute Gasteiger partial charge is 0.465 e. The molecular formula is C13H19NO4. The van der Waals surface area contributed by atoms with Gasteiger partial charge in [0.25, 0.3) is 0 Å². The van der Waals surface area contributed by atoms with Crippen LogP contribution in [0, 0.1) is 5.41 Å². The first-order chi connectivity index (χ1) is 8.03. The van der Waals surface area contributed by atoms with Gasteiger partial charge in [-0.3, -0.25) is 4.79 Å². The van der Waals surface area contributed by atoms with E-state index < -0.39 is 23.5 Å². The van der Waals surface area contributed by atoms with E-state index in [9.17, 15) is 14.4 Å². The smallest absolute Gasteiger partial charge is 0.415 e. The van der Waals surface area contributed by atoms with Crippen LogP contribution >= 0.6 is 0 Å². The van der Waals surface area contributed by atoms with Gasteiger partial charge in [0.05, 0.1) is 0 Å². The zero-order valence-electron chi connectivity index (χ0n) is 11.2. The number of carboxylic acid groups (broad SMARTS) is 1. The van der Waals surface area contributed by atoms with Crippen LogP contribution in [-0.2, 0) is 9.59 Å². The van der Waals surface area contributed by atoms with Crippen molar-refractivity contribution in [1.29, 1.82) is 0 Å². The van der Waals surface area contributed by atoms with Gasteiger partial charge in [0.15, 0.2) is 0 Å². The van der Waals surface area contributed by atoms with E-state index in [2.05, 4.69) is 13.2 Å². The highest BCUT2D eigenvalue weighted by Crippen LogP contribution is 2.23. The van der Waals surface area contributed by atoms with Gasteiger partial charge in [0.2, 0.25) is 5.91 Å². The van der Waals surface area contributed by atoms with Crippen LogP contribution in [0.5, 0.6) is 0 Å². The lowest BCUT2D eigenvalue weighted by Gasteiger charge is -2.30. The Hall–Kier alpha value is -1.91. The van der Waals surface area contributed by atoms with Crippen LogP contribution in [-0.4, -0.2) is 34.3 Å². The van der Waals surface area contributed by atoms with Gasteiger partial charge in [-0.15, -0.1) is 0 Å². The fourth-order valence-corrected chi connectivity index (χ4v) is 1.24. The summed E-state index contributed by atoms with van der Waals surface area (Å²) in [5.74, 6) is -0.658. The molecular weight excluding hydrogens is 234 g/mol. The molecule has 0 aliphatic heterocycles. The highest BCUT2D eigenvalue weighted by molar-refractivity contribution is 5.97. The molecule has 0 aromatic rings. The van der Waals surface area contributed by atoms with Crippen molar-refractivity contribution < 1.29 is 19.5 Å². The summed E-state index contributed by atoms with van der Waals surface area (Å²) >= 11 is 0. The van der Waals surface area contributed by atoms with E-state index in [4.69, 9.17) is 5.11 Å². The van der Waals surface area contributed by atoms with Crippen LogP contribution in [0.3, 0.4) is 0 Å². The van der Waals surface area contributed by atoms with Crippen LogP contribution in [0.25, 0.3) is 0 Å². The van der Waals surface area contributed by atoms with Crippen molar-refractivity contribution in [2.24, 2.45) is 5.41 Å². The molecule has 0 aliphatic carbocycles. The summed E-state index contributed by atoms with van der Waals surface area (Å²) in [5.41, 5.74) is -0.236. The molecule has 0 saturated heterocycles. The SMILES string of the molecule is C=C(C)C(=C)C(C=O)N(C(=O)O)C(=O)C(C)(C)C. The highest BCUT2D eigenvalue weighted by Gasteiger charge is 2.37. The Labute approximate surface area is 107 Å². The van der Waals surface area contributed by atoms with Gasteiger partial charge in [-0.25, -0.2) is 9.69 Å². The molecule has 0 spiro atoms. The first-order valence-electron chi connectivity index (χ1n) is 5.40. The van der Waals surface area contributed by atoms with Crippen molar-refractivity contribution in [2.45, 2.75) is 33.7 Å². The third kappa shape index (κ3) is 3.55. The van der Waals surface area contributed by atoms with E-state index >= 15 is 0 Å². The number of aldehydes is 1. The molecule has 0 aliphatic rings. The van der Waals surface area contributed by atoms with Crippen LogP contribution in [0.2, 0.25) is 0 Å². The molecule has 1 unspecified atom stereocenters. The van der Waals surface area contributed by atoms with E-state index in [0.29, 0.717) is 16.8 Å². The molecule has 0 rings (SSSR count). The van der Waals surface area contributed by atoms with Gasteiger partial charge in [-0.2, -0.15) is 0 Å². The Morgan fingerprint density at radius 1 is 1.28 bits per heavy atom. The van der Waals surface area contributed by atoms with E-state index in [1.54, 1.807) is 27.7 Å². The molecule has 0 aromatic heterocycles. The summed E-state index contributed by atoms with van der Waals surface area (Å²) in [6.45, 7) is 13.5. The molecule has 0 saturated carbocycles. The minimum absolute atomic E-state index is 0.213. The zero-order chi connectivity index (χ0) is 14.7. The number of rotatable bonds is 4.